The fourth-order valence-electron chi connectivity index (χ4n) is 1.96. The van der Waals surface area contributed by atoms with Crippen LogP contribution in [0.5, 0.6) is 11.5 Å². The number of benzene rings is 2. The number of nitrogens with zero attached hydrogens (tertiary/aromatic N) is 1. The molecule has 6 heteroatoms. The van der Waals surface area contributed by atoms with Crippen molar-refractivity contribution in [2.24, 2.45) is 5.10 Å². The second-order valence-corrected chi connectivity index (χ2v) is 5.70. The van der Waals surface area contributed by atoms with E-state index < -0.39 is 0 Å². The third-order valence-corrected chi connectivity index (χ3v) is 3.63. The normalized spacial score (nSPS) is 10.6. The molecule has 0 unspecified atom stereocenters. The molecular formula is C18H18Cl2N2O2. The lowest BCUT2D eigenvalue weighted by molar-refractivity contribution is 0.326. The van der Waals surface area contributed by atoms with Crippen molar-refractivity contribution in [3.63, 3.8) is 0 Å². The number of ether oxygens (including phenoxy) is 2. The lowest BCUT2D eigenvalue weighted by Crippen LogP contribution is -2.05. The summed E-state index contributed by atoms with van der Waals surface area (Å²) in [7, 11) is 1.56. The molecule has 126 valence electrons. The molecule has 1 N–H and O–H groups in total. The molecule has 0 saturated carbocycles. The first-order chi connectivity index (χ1) is 11.6. The monoisotopic (exact) mass is 364 g/mol. The van der Waals surface area contributed by atoms with Gasteiger partial charge < -0.3 is 14.9 Å². The Morgan fingerprint density at radius 3 is 2.62 bits per heavy atom. The first-order valence-corrected chi connectivity index (χ1v) is 8.01. The molecule has 0 aliphatic rings. The van der Waals surface area contributed by atoms with Gasteiger partial charge in [-0.3, -0.25) is 0 Å². The molecular weight excluding hydrogens is 347 g/mol. The highest BCUT2D eigenvalue weighted by atomic mass is 35.5. The van der Waals surface area contributed by atoms with Crippen LogP contribution in [0.3, 0.4) is 0 Å². The van der Waals surface area contributed by atoms with Crippen molar-refractivity contribution in [2.45, 2.75) is 6.54 Å². The van der Waals surface area contributed by atoms with Gasteiger partial charge in [-0.15, -0.1) is 0 Å². The van der Waals surface area contributed by atoms with Gasteiger partial charge >= 0.3 is 0 Å². The largest absolute Gasteiger partial charge is 0.493 e. The van der Waals surface area contributed by atoms with Gasteiger partial charge in [0.1, 0.15) is 6.61 Å². The van der Waals surface area contributed by atoms with Gasteiger partial charge in [-0.05, 0) is 35.4 Å². The quantitative estimate of drug-likeness (QED) is 0.419. The summed E-state index contributed by atoms with van der Waals surface area (Å²) in [6.45, 7) is 4.56. The van der Waals surface area contributed by atoms with E-state index in [1.165, 1.54) is 0 Å². The van der Waals surface area contributed by atoms with Gasteiger partial charge in [-0.1, -0.05) is 48.0 Å². The van der Waals surface area contributed by atoms with Gasteiger partial charge in [0, 0.05) is 5.02 Å². The molecule has 2 aromatic carbocycles. The van der Waals surface area contributed by atoms with Gasteiger partial charge in [0.25, 0.3) is 0 Å². The van der Waals surface area contributed by atoms with Crippen LogP contribution in [-0.4, -0.2) is 19.9 Å². The highest BCUT2D eigenvalue weighted by Gasteiger charge is 2.10. The number of hydrogen-bond donors (Lipinski definition) is 1. The Balaban J connectivity index is 2.02. The molecule has 2 rings (SSSR count). The van der Waals surface area contributed by atoms with Gasteiger partial charge in [0.05, 0.1) is 24.9 Å². The summed E-state index contributed by atoms with van der Waals surface area (Å²) in [5.74, 6) is 1.04. The van der Waals surface area contributed by atoms with Crippen molar-refractivity contribution in [3.05, 3.63) is 70.2 Å². The number of hydrogen-bond acceptors (Lipinski definition) is 4. The molecule has 0 atom stereocenters. The van der Waals surface area contributed by atoms with Crippen molar-refractivity contribution in [3.8, 4) is 11.5 Å². The van der Waals surface area contributed by atoms with Crippen LogP contribution >= 0.6 is 23.2 Å². The number of rotatable bonds is 8. The van der Waals surface area contributed by atoms with E-state index in [1.54, 1.807) is 31.5 Å². The summed E-state index contributed by atoms with van der Waals surface area (Å²) < 4.78 is 10.8. The topological polar surface area (TPSA) is 42.8 Å². The van der Waals surface area contributed by atoms with E-state index in [1.807, 2.05) is 24.3 Å². The Hall–Kier alpha value is -2.17. The summed E-state index contributed by atoms with van der Waals surface area (Å²) in [5, 5.41) is 5.35. The van der Waals surface area contributed by atoms with Crippen molar-refractivity contribution in [1.82, 2.24) is 5.43 Å². The number of nitrogens with one attached hydrogen (secondary N) is 1. The Morgan fingerprint density at radius 1 is 1.21 bits per heavy atom. The molecule has 0 amide bonds. The van der Waals surface area contributed by atoms with Crippen molar-refractivity contribution in [1.29, 1.82) is 0 Å². The van der Waals surface area contributed by atoms with Crippen LogP contribution in [-0.2, 0) is 6.54 Å². The molecule has 0 bridgehead atoms. The molecule has 4 nitrogen and oxygen atoms in total. The molecule has 0 radical (unpaired) electrons. The first kappa shape index (κ1) is 18.2. The highest BCUT2D eigenvalue weighted by Crippen LogP contribution is 2.36. The van der Waals surface area contributed by atoms with Crippen molar-refractivity contribution in [2.75, 3.05) is 13.7 Å². The standard InChI is InChI=1S/C18H18Cl2N2O2/c1-3-8-24-18-16(20)9-14(10-17(18)23-2)12-22-21-11-13-4-6-15(19)7-5-13/h3-7,9-10,12,21H,1,8,11H2,2H3/b22-12-. The zero-order chi connectivity index (χ0) is 17.4. The molecule has 0 aromatic heterocycles. The second kappa shape index (κ2) is 9.21. The number of hydrazone groups is 1. The average Bonchev–Trinajstić information content (AvgIpc) is 2.59. The summed E-state index contributed by atoms with van der Waals surface area (Å²) in [4.78, 5) is 0. The predicted octanol–water partition coefficient (Wildman–Crippen LogP) is 4.69. The lowest BCUT2D eigenvalue weighted by atomic mass is 10.2. The Morgan fingerprint density at radius 2 is 1.96 bits per heavy atom. The Bertz CT molecular complexity index is 716. The average molecular weight is 365 g/mol. The lowest BCUT2D eigenvalue weighted by Gasteiger charge is -2.11. The third kappa shape index (κ3) is 5.18. The van der Waals surface area contributed by atoms with E-state index in [0.717, 1.165) is 11.1 Å². The fourth-order valence-corrected chi connectivity index (χ4v) is 2.36. The van der Waals surface area contributed by atoms with E-state index in [-0.39, 0.29) is 0 Å². The van der Waals surface area contributed by atoms with Crippen molar-refractivity contribution < 1.29 is 9.47 Å². The van der Waals surface area contributed by atoms with Crippen LogP contribution in [0.4, 0.5) is 0 Å². The van der Waals surface area contributed by atoms with Crippen molar-refractivity contribution >= 4 is 29.4 Å². The molecule has 0 aliphatic carbocycles. The van der Waals surface area contributed by atoms with Gasteiger partial charge in [0.15, 0.2) is 11.5 Å². The predicted molar refractivity (Wildman–Crippen MR) is 99.6 cm³/mol. The molecule has 0 heterocycles. The maximum Gasteiger partial charge on any atom is 0.180 e. The second-order valence-electron chi connectivity index (χ2n) is 4.85. The van der Waals surface area contributed by atoms with Crippen LogP contribution < -0.4 is 14.9 Å². The van der Waals surface area contributed by atoms with E-state index in [9.17, 15) is 0 Å². The Labute approximate surface area is 151 Å². The van der Waals surface area contributed by atoms with Gasteiger partial charge in [0.2, 0.25) is 0 Å². The smallest absolute Gasteiger partial charge is 0.180 e. The maximum atomic E-state index is 6.24. The minimum absolute atomic E-state index is 0.353. The van der Waals surface area contributed by atoms with Crippen LogP contribution in [0.1, 0.15) is 11.1 Å². The zero-order valence-corrected chi connectivity index (χ0v) is 14.8. The first-order valence-electron chi connectivity index (χ1n) is 7.25. The SMILES string of the molecule is C=CCOc1c(Cl)cc(/C=N\NCc2ccc(Cl)cc2)cc1OC. The molecule has 0 aliphatic heterocycles. The fraction of sp³-hybridized carbons (Fsp3) is 0.167. The molecule has 0 spiro atoms. The van der Waals surface area contributed by atoms with Gasteiger partial charge in [-0.25, -0.2) is 0 Å². The van der Waals surface area contributed by atoms with Crippen LogP contribution in [0.2, 0.25) is 10.0 Å². The molecule has 0 saturated heterocycles. The highest BCUT2D eigenvalue weighted by molar-refractivity contribution is 6.32. The molecule has 24 heavy (non-hydrogen) atoms. The van der Waals surface area contributed by atoms with Crippen LogP contribution in [0.25, 0.3) is 0 Å². The Kier molecular flexibility index (Phi) is 6.97. The van der Waals surface area contributed by atoms with Crippen LogP contribution in [0, 0.1) is 0 Å². The molecule has 2 aromatic rings. The summed E-state index contributed by atoms with van der Waals surface area (Å²) in [5.41, 5.74) is 4.85. The van der Waals surface area contributed by atoms with E-state index in [4.69, 9.17) is 32.7 Å². The zero-order valence-electron chi connectivity index (χ0n) is 13.3. The number of halogens is 2. The summed E-state index contributed by atoms with van der Waals surface area (Å²) in [6.07, 6.45) is 3.31. The summed E-state index contributed by atoms with van der Waals surface area (Å²) >= 11 is 12.1. The minimum Gasteiger partial charge on any atom is -0.493 e. The summed E-state index contributed by atoms with van der Waals surface area (Å²) in [6, 6.07) is 11.1. The number of methoxy groups -OCH3 is 1. The van der Waals surface area contributed by atoms with E-state index in [0.29, 0.717) is 34.7 Å². The van der Waals surface area contributed by atoms with E-state index in [2.05, 4.69) is 17.1 Å². The molecule has 0 fully saturated rings. The van der Waals surface area contributed by atoms with E-state index >= 15 is 0 Å². The minimum atomic E-state index is 0.353. The van der Waals surface area contributed by atoms with Crippen LogP contribution in [0.15, 0.2) is 54.2 Å². The third-order valence-electron chi connectivity index (χ3n) is 3.10. The maximum absolute atomic E-state index is 6.24. The van der Waals surface area contributed by atoms with Gasteiger partial charge in [-0.2, -0.15) is 5.10 Å².